The summed E-state index contributed by atoms with van der Waals surface area (Å²) in [5, 5.41) is 0. The predicted octanol–water partition coefficient (Wildman–Crippen LogP) is 0.856. The van der Waals surface area contributed by atoms with Gasteiger partial charge in [-0.2, -0.15) is 0 Å². The Balaban J connectivity index is 2.12. The average molecular weight is 395 g/mol. The van der Waals surface area contributed by atoms with Crippen molar-refractivity contribution in [2.45, 2.75) is 19.8 Å². The molecular weight excluding hydrogens is 374 g/mol. The number of anilines is 1. The minimum atomic E-state index is -3.43. The molecule has 4 amide bonds. The molecular formula is C17H21N3O6S. The Morgan fingerprint density at radius 3 is 2.11 bits per heavy atom. The van der Waals surface area contributed by atoms with Gasteiger partial charge in [0.2, 0.25) is 10.0 Å². The van der Waals surface area contributed by atoms with Crippen molar-refractivity contribution in [3.63, 3.8) is 0 Å². The van der Waals surface area contributed by atoms with Crippen LogP contribution in [-0.2, 0) is 19.6 Å². The normalized spacial score (nSPS) is 14.9. The highest BCUT2D eigenvalue weighted by Gasteiger charge is 2.44. The Bertz CT molecular complexity index is 878. The van der Waals surface area contributed by atoms with Gasteiger partial charge < -0.3 is 0 Å². The van der Waals surface area contributed by atoms with Gasteiger partial charge in [-0.15, -0.1) is 0 Å². The molecule has 0 bridgehead atoms. The van der Waals surface area contributed by atoms with Crippen molar-refractivity contribution >= 4 is 39.3 Å². The number of rotatable bonds is 8. The smallest absolute Gasteiger partial charge is 0.292 e. The Kier molecular flexibility index (Phi) is 5.99. The summed E-state index contributed by atoms with van der Waals surface area (Å²) in [6.07, 6.45) is 2.37. The van der Waals surface area contributed by atoms with E-state index in [1.54, 1.807) is 0 Å². The van der Waals surface area contributed by atoms with E-state index >= 15 is 0 Å². The third-order valence-corrected chi connectivity index (χ3v) is 5.43. The second kappa shape index (κ2) is 7.87. The first-order chi connectivity index (χ1) is 12.6. The van der Waals surface area contributed by atoms with Crippen LogP contribution in [0.1, 0.15) is 30.1 Å². The summed E-state index contributed by atoms with van der Waals surface area (Å²) >= 11 is 0. The maximum Gasteiger partial charge on any atom is 0.334 e. The van der Waals surface area contributed by atoms with Crippen LogP contribution in [0.15, 0.2) is 24.3 Å². The molecule has 1 heterocycles. The molecule has 1 aliphatic heterocycles. The molecule has 1 aromatic carbocycles. The molecule has 0 saturated carbocycles. The number of imide groups is 2. The Labute approximate surface area is 157 Å². The van der Waals surface area contributed by atoms with Crippen LogP contribution in [-0.4, -0.2) is 68.2 Å². The number of carbonyl (C=O) groups excluding carboxylic acids is 4. The lowest BCUT2D eigenvalue weighted by Crippen LogP contribution is -2.37. The molecule has 10 heteroatoms. The number of amides is 4. The number of sulfonamides is 1. The van der Waals surface area contributed by atoms with E-state index in [0.717, 1.165) is 21.9 Å². The van der Waals surface area contributed by atoms with Gasteiger partial charge in [-0.25, -0.2) is 18.1 Å². The molecule has 0 N–H and O–H groups in total. The van der Waals surface area contributed by atoms with Gasteiger partial charge in [-0.3, -0.25) is 23.6 Å². The number of hydrogen-bond acceptors (Lipinski definition) is 6. The molecule has 2 rings (SSSR count). The first-order valence-electron chi connectivity index (χ1n) is 8.32. The number of carbonyl (C=O) groups is 4. The van der Waals surface area contributed by atoms with Gasteiger partial charge in [-0.05, 0) is 30.7 Å². The van der Waals surface area contributed by atoms with Crippen molar-refractivity contribution < 1.29 is 27.6 Å². The number of nitrogens with zero attached hydrogens (tertiary/aromatic N) is 3. The van der Waals surface area contributed by atoms with Crippen LogP contribution in [0.5, 0.6) is 0 Å². The molecule has 0 aromatic heterocycles. The summed E-state index contributed by atoms with van der Waals surface area (Å²) in [6.45, 7) is 1.48. The molecule has 9 nitrogen and oxygen atoms in total. The molecule has 0 unspecified atom stereocenters. The number of unbranched alkanes of at least 4 members (excludes halogenated alkanes) is 1. The Morgan fingerprint density at radius 1 is 1.04 bits per heavy atom. The highest BCUT2D eigenvalue weighted by molar-refractivity contribution is 7.92. The summed E-state index contributed by atoms with van der Waals surface area (Å²) in [4.78, 5) is 50.0. The van der Waals surface area contributed by atoms with E-state index in [2.05, 4.69) is 0 Å². The molecule has 0 atom stereocenters. The largest absolute Gasteiger partial charge is 0.334 e. The van der Waals surface area contributed by atoms with Gasteiger partial charge in [0, 0.05) is 19.2 Å². The lowest BCUT2D eigenvalue weighted by Gasteiger charge is -2.17. The number of benzene rings is 1. The van der Waals surface area contributed by atoms with Crippen molar-refractivity contribution in [1.29, 1.82) is 0 Å². The van der Waals surface area contributed by atoms with Crippen LogP contribution < -0.4 is 4.31 Å². The molecule has 1 aliphatic rings. The topological polar surface area (TPSA) is 112 Å². The van der Waals surface area contributed by atoms with Crippen molar-refractivity contribution in [1.82, 2.24) is 9.80 Å². The van der Waals surface area contributed by atoms with Gasteiger partial charge in [0.05, 0.1) is 18.5 Å². The minimum Gasteiger partial charge on any atom is -0.292 e. The molecule has 146 valence electrons. The lowest BCUT2D eigenvalue weighted by molar-refractivity contribution is -0.143. The van der Waals surface area contributed by atoms with Crippen molar-refractivity contribution in [2.75, 3.05) is 30.7 Å². The quantitative estimate of drug-likeness (QED) is 0.366. The standard InChI is InChI=1S/C17H21N3O6S/c1-4-5-10-19-15(22)16(23)20(17(19)24)11-14(21)12-6-8-13(9-7-12)18(2)27(3,25)26/h6-9H,4-5,10-11H2,1-3H3. The third-order valence-electron chi connectivity index (χ3n) is 4.22. The Morgan fingerprint density at radius 2 is 1.59 bits per heavy atom. The molecule has 1 aromatic rings. The van der Waals surface area contributed by atoms with E-state index in [0.29, 0.717) is 17.0 Å². The van der Waals surface area contributed by atoms with E-state index in [4.69, 9.17) is 0 Å². The summed E-state index contributed by atoms with van der Waals surface area (Å²) in [5.74, 6) is -2.47. The van der Waals surface area contributed by atoms with Crippen LogP contribution >= 0.6 is 0 Å². The number of Topliss-reactive ketones (excluding diaryl/α,β-unsaturated/α-hetero) is 1. The van der Waals surface area contributed by atoms with Crippen LogP contribution in [0.3, 0.4) is 0 Å². The van der Waals surface area contributed by atoms with Gasteiger partial charge in [0.1, 0.15) is 0 Å². The first-order valence-corrected chi connectivity index (χ1v) is 10.2. The van der Waals surface area contributed by atoms with Crippen molar-refractivity contribution in [3.05, 3.63) is 29.8 Å². The maximum absolute atomic E-state index is 12.4. The van der Waals surface area contributed by atoms with Crippen molar-refractivity contribution in [3.8, 4) is 0 Å². The predicted molar refractivity (Wildman–Crippen MR) is 97.7 cm³/mol. The van der Waals surface area contributed by atoms with E-state index in [-0.39, 0.29) is 12.1 Å². The average Bonchev–Trinajstić information content (AvgIpc) is 2.82. The van der Waals surface area contributed by atoms with Gasteiger partial charge in [0.25, 0.3) is 0 Å². The second-order valence-electron chi connectivity index (χ2n) is 6.18. The second-order valence-corrected chi connectivity index (χ2v) is 8.20. The molecule has 0 spiro atoms. The lowest BCUT2D eigenvalue weighted by atomic mass is 10.1. The van der Waals surface area contributed by atoms with E-state index in [1.165, 1.54) is 31.3 Å². The molecule has 0 radical (unpaired) electrons. The zero-order valence-electron chi connectivity index (χ0n) is 15.3. The zero-order chi connectivity index (χ0) is 20.4. The third kappa shape index (κ3) is 4.33. The van der Waals surface area contributed by atoms with E-state index < -0.39 is 40.2 Å². The monoisotopic (exact) mass is 395 g/mol. The number of ketones is 1. The highest BCUT2D eigenvalue weighted by Crippen LogP contribution is 2.18. The molecule has 0 aliphatic carbocycles. The van der Waals surface area contributed by atoms with Crippen LogP contribution in [0, 0.1) is 0 Å². The fourth-order valence-electron chi connectivity index (χ4n) is 2.49. The van der Waals surface area contributed by atoms with Crippen LogP contribution in [0.25, 0.3) is 0 Å². The highest BCUT2D eigenvalue weighted by atomic mass is 32.2. The van der Waals surface area contributed by atoms with Crippen LogP contribution in [0.2, 0.25) is 0 Å². The molecule has 27 heavy (non-hydrogen) atoms. The zero-order valence-corrected chi connectivity index (χ0v) is 16.2. The first kappa shape index (κ1) is 20.6. The van der Waals surface area contributed by atoms with Crippen molar-refractivity contribution in [2.24, 2.45) is 0 Å². The number of urea groups is 1. The summed E-state index contributed by atoms with van der Waals surface area (Å²) in [5.41, 5.74) is 0.559. The molecule has 1 saturated heterocycles. The number of hydrogen-bond donors (Lipinski definition) is 0. The van der Waals surface area contributed by atoms with E-state index in [1.807, 2.05) is 6.92 Å². The maximum atomic E-state index is 12.4. The van der Waals surface area contributed by atoms with Crippen LogP contribution in [0.4, 0.5) is 10.5 Å². The van der Waals surface area contributed by atoms with E-state index in [9.17, 15) is 27.6 Å². The van der Waals surface area contributed by atoms with Gasteiger partial charge >= 0.3 is 17.8 Å². The molecule has 1 fully saturated rings. The summed E-state index contributed by atoms with van der Waals surface area (Å²) in [7, 11) is -2.06. The minimum absolute atomic E-state index is 0.136. The van der Waals surface area contributed by atoms with Gasteiger partial charge in [-0.1, -0.05) is 13.3 Å². The summed E-state index contributed by atoms with van der Waals surface area (Å²) < 4.78 is 24.1. The fourth-order valence-corrected chi connectivity index (χ4v) is 2.99. The van der Waals surface area contributed by atoms with Gasteiger partial charge in [0.15, 0.2) is 5.78 Å². The Hall–Kier alpha value is -2.75. The summed E-state index contributed by atoms with van der Waals surface area (Å²) in [6, 6.07) is 4.91. The SMILES string of the molecule is CCCCN1C(=O)C(=O)N(CC(=O)c2ccc(N(C)S(C)(=O)=O)cc2)C1=O. The fraction of sp³-hybridized carbons (Fsp3) is 0.412.